The topological polar surface area (TPSA) is 37.4 Å². The van der Waals surface area contributed by atoms with Crippen molar-refractivity contribution in [1.29, 1.82) is 0 Å². The summed E-state index contributed by atoms with van der Waals surface area (Å²) in [5.74, 6) is 0. The summed E-state index contributed by atoms with van der Waals surface area (Å²) in [6.07, 6.45) is 3.83. The third kappa shape index (κ3) is 5.04. The second-order valence-corrected chi connectivity index (χ2v) is 7.75. The van der Waals surface area contributed by atoms with E-state index in [1.165, 1.54) is 0 Å². The first kappa shape index (κ1) is 16.9. The van der Waals surface area contributed by atoms with E-state index in [1.54, 1.807) is 16.4 Å². The number of sulfonamides is 1. The van der Waals surface area contributed by atoms with Crippen LogP contribution in [-0.4, -0.2) is 25.8 Å². The van der Waals surface area contributed by atoms with Crippen LogP contribution in [0.5, 0.6) is 0 Å². The summed E-state index contributed by atoms with van der Waals surface area (Å²) in [5.41, 5.74) is 0. The SMILES string of the molecule is CCCCN(CCCC)S(=O)(=O)c1ccc(I)cc1. The summed E-state index contributed by atoms with van der Waals surface area (Å²) in [6.45, 7) is 5.39. The van der Waals surface area contributed by atoms with Crippen molar-refractivity contribution in [3.63, 3.8) is 0 Å². The molecule has 0 unspecified atom stereocenters. The fourth-order valence-corrected chi connectivity index (χ4v) is 3.65. The molecule has 1 aromatic rings. The predicted octanol–water partition coefficient (Wildman–Crippen LogP) is 3.88. The zero-order valence-corrected chi connectivity index (χ0v) is 14.6. The molecule has 19 heavy (non-hydrogen) atoms. The molecule has 0 aliphatic carbocycles. The molecule has 0 fully saturated rings. The first-order chi connectivity index (χ1) is 9.02. The molecular weight excluding hydrogens is 373 g/mol. The average Bonchev–Trinajstić information content (AvgIpc) is 2.39. The van der Waals surface area contributed by atoms with Gasteiger partial charge in [0.05, 0.1) is 4.90 Å². The molecule has 0 atom stereocenters. The molecule has 0 radical (unpaired) electrons. The first-order valence-corrected chi connectivity index (χ1v) is 9.30. The zero-order valence-electron chi connectivity index (χ0n) is 11.6. The van der Waals surface area contributed by atoms with Gasteiger partial charge in [-0.1, -0.05) is 26.7 Å². The number of halogens is 1. The number of nitrogens with zero attached hydrogens (tertiary/aromatic N) is 1. The molecular formula is C14H22INO2S. The monoisotopic (exact) mass is 395 g/mol. The van der Waals surface area contributed by atoms with Gasteiger partial charge in [0.25, 0.3) is 0 Å². The lowest BCUT2D eigenvalue weighted by Crippen LogP contribution is -2.33. The summed E-state index contributed by atoms with van der Waals surface area (Å²) in [5, 5.41) is 0. The van der Waals surface area contributed by atoms with Crippen LogP contribution in [0.3, 0.4) is 0 Å². The van der Waals surface area contributed by atoms with Crippen molar-refractivity contribution in [3.05, 3.63) is 27.8 Å². The minimum atomic E-state index is -3.33. The summed E-state index contributed by atoms with van der Waals surface area (Å²) < 4.78 is 27.8. The van der Waals surface area contributed by atoms with Crippen molar-refractivity contribution in [2.75, 3.05) is 13.1 Å². The molecule has 0 saturated heterocycles. The Morgan fingerprint density at radius 2 is 1.47 bits per heavy atom. The van der Waals surface area contributed by atoms with Crippen LogP contribution in [0.4, 0.5) is 0 Å². The first-order valence-electron chi connectivity index (χ1n) is 6.78. The minimum Gasteiger partial charge on any atom is -0.207 e. The zero-order chi connectivity index (χ0) is 14.3. The standard InChI is InChI=1S/C14H22INO2S/c1-3-5-11-16(12-6-4-2)19(17,18)14-9-7-13(15)8-10-14/h7-10H,3-6,11-12H2,1-2H3. The smallest absolute Gasteiger partial charge is 0.207 e. The molecule has 0 N–H and O–H groups in total. The lowest BCUT2D eigenvalue weighted by Gasteiger charge is -2.21. The maximum absolute atomic E-state index is 12.6. The number of rotatable bonds is 8. The van der Waals surface area contributed by atoms with Crippen LogP contribution in [0.1, 0.15) is 39.5 Å². The molecule has 0 spiro atoms. The van der Waals surface area contributed by atoms with Gasteiger partial charge >= 0.3 is 0 Å². The number of hydrogen-bond donors (Lipinski definition) is 0. The summed E-state index contributed by atoms with van der Waals surface area (Å²) >= 11 is 2.18. The average molecular weight is 395 g/mol. The van der Waals surface area contributed by atoms with Crippen LogP contribution in [0, 0.1) is 3.57 Å². The molecule has 0 amide bonds. The highest BCUT2D eigenvalue weighted by molar-refractivity contribution is 14.1. The summed E-state index contributed by atoms with van der Waals surface area (Å²) in [7, 11) is -3.33. The largest absolute Gasteiger partial charge is 0.243 e. The van der Waals surface area contributed by atoms with Gasteiger partial charge < -0.3 is 0 Å². The van der Waals surface area contributed by atoms with E-state index in [4.69, 9.17) is 0 Å². The van der Waals surface area contributed by atoms with Crippen molar-refractivity contribution in [1.82, 2.24) is 4.31 Å². The predicted molar refractivity (Wildman–Crippen MR) is 87.7 cm³/mol. The molecule has 1 aromatic carbocycles. The molecule has 0 aliphatic rings. The van der Waals surface area contributed by atoms with E-state index < -0.39 is 10.0 Å². The quantitative estimate of drug-likeness (QED) is 0.627. The summed E-state index contributed by atoms with van der Waals surface area (Å²) in [4.78, 5) is 0.403. The third-order valence-corrected chi connectivity index (χ3v) is 5.61. The van der Waals surface area contributed by atoms with Crippen LogP contribution >= 0.6 is 22.6 Å². The van der Waals surface area contributed by atoms with Crippen LogP contribution in [-0.2, 0) is 10.0 Å². The van der Waals surface area contributed by atoms with E-state index in [-0.39, 0.29) is 0 Å². The highest BCUT2D eigenvalue weighted by Gasteiger charge is 2.23. The molecule has 0 saturated carbocycles. The van der Waals surface area contributed by atoms with Crippen LogP contribution < -0.4 is 0 Å². The Labute approximate surface area is 130 Å². The summed E-state index contributed by atoms with van der Waals surface area (Å²) in [6, 6.07) is 7.07. The molecule has 5 heteroatoms. The van der Waals surface area contributed by atoms with Crippen LogP contribution in [0.15, 0.2) is 29.2 Å². The Kier molecular flexibility index (Phi) is 7.31. The van der Waals surface area contributed by atoms with E-state index in [9.17, 15) is 8.42 Å². The van der Waals surface area contributed by atoms with Gasteiger partial charge in [-0.15, -0.1) is 0 Å². The van der Waals surface area contributed by atoms with Gasteiger partial charge in [0.2, 0.25) is 10.0 Å². The normalized spacial score (nSPS) is 12.0. The molecule has 0 aliphatic heterocycles. The molecule has 0 bridgehead atoms. The Balaban J connectivity index is 2.93. The highest BCUT2D eigenvalue weighted by Crippen LogP contribution is 2.18. The fraction of sp³-hybridized carbons (Fsp3) is 0.571. The van der Waals surface area contributed by atoms with Gasteiger partial charge in [-0.2, -0.15) is 4.31 Å². The van der Waals surface area contributed by atoms with Gasteiger partial charge in [-0.05, 0) is 59.7 Å². The Morgan fingerprint density at radius 1 is 1.00 bits per heavy atom. The van der Waals surface area contributed by atoms with Crippen molar-refractivity contribution in [2.24, 2.45) is 0 Å². The van der Waals surface area contributed by atoms with E-state index in [0.717, 1.165) is 29.3 Å². The van der Waals surface area contributed by atoms with Gasteiger partial charge in [0, 0.05) is 16.7 Å². The van der Waals surface area contributed by atoms with Crippen molar-refractivity contribution in [2.45, 2.75) is 44.4 Å². The molecule has 3 nitrogen and oxygen atoms in total. The number of unbranched alkanes of at least 4 members (excludes halogenated alkanes) is 2. The minimum absolute atomic E-state index is 0.403. The molecule has 108 valence electrons. The fourth-order valence-electron chi connectivity index (χ4n) is 1.78. The third-order valence-electron chi connectivity index (χ3n) is 2.97. The van der Waals surface area contributed by atoms with E-state index in [2.05, 4.69) is 36.4 Å². The lowest BCUT2D eigenvalue weighted by molar-refractivity contribution is 0.395. The Hall–Kier alpha value is -0.140. The Morgan fingerprint density at radius 3 is 1.89 bits per heavy atom. The maximum atomic E-state index is 12.6. The van der Waals surface area contributed by atoms with Crippen LogP contribution in [0.2, 0.25) is 0 Å². The second-order valence-electron chi connectivity index (χ2n) is 4.57. The van der Waals surface area contributed by atoms with E-state index in [1.807, 2.05) is 12.1 Å². The molecule has 1 rings (SSSR count). The molecule has 0 aromatic heterocycles. The van der Waals surface area contributed by atoms with Crippen LogP contribution in [0.25, 0.3) is 0 Å². The van der Waals surface area contributed by atoms with Gasteiger partial charge in [-0.3, -0.25) is 0 Å². The van der Waals surface area contributed by atoms with Crippen molar-refractivity contribution in [3.8, 4) is 0 Å². The van der Waals surface area contributed by atoms with Crippen molar-refractivity contribution >= 4 is 32.6 Å². The second kappa shape index (κ2) is 8.21. The molecule has 0 heterocycles. The van der Waals surface area contributed by atoms with E-state index in [0.29, 0.717) is 18.0 Å². The van der Waals surface area contributed by atoms with Crippen molar-refractivity contribution < 1.29 is 8.42 Å². The van der Waals surface area contributed by atoms with Gasteiger partial charge in [-0.25, -0.2) is 8.42 Å². The van der Waals surface area contributed by atoms with Gasteiger partial charge in [0.1, 0.15) is 0 Å². The number of hydrogen-bond acceptors (Lipinski definition) is 2. The van der Waals surface area contributed by atoms with E-state index >= 15 is 0 Å². The maximum Gasteiger partial charge on any atom is 0.243 e. The lowest BCUT2D eigenvalue weighted by atomic mass is 10.3. The Bertz CT molecular complexity index is 463. The number of benzene rings is 1. The highest BCUT2D eigenvalue weighted by atomic mass is 127. The van der Waals surface area contributed by atoms with Gasteiger partial charge in [0.15, 0.2) is 0 Å².